The Morgan fingerprint density at radius 1 is 1.08 bits per heavy atom. The number of alkyl halides is 3. The molecule has 0 fully saturated rings. The van der Waals surface area contributed by atoms with Gasteiger partial charge in [-0.1, -0.05) is 18.2 Å². The maximum Gasteiger partial charge on any atom is 0.416 e. The van der Waals surface area contributed by atoms with Crippen LogP contribution in [0.3, 0.4) is 0 Å². The molecule has 0 aliphatic heterocycles. The molecule has 0 aliphatic carbocycles. The number of carbonyl (C=O) groups excluding carboxylic acids is 1. The molecule has 7 nitrogen and oxygen atoms in total. The fraction of sp³-hybridized carbons (Fsp3) is 0.0667. The second-order valence-electron chi connectivity index (χ2n) is 5.06. The molecule has 0 spiro atoms. The molecule has 0 aliphatic rings. The van der Waals surface area contributed by atoms with Crippen molar-refractivity contribution in [1.82, 2.24) is 20.6 Å². The maximum atomic E-state index is 12.7. The van der Waals surface area contributed by atoms with Crippen LogP contribution in [0.5, 0.6) is 0 Å². The highest BCUT2D eigenvalue weighted by atomic mass is 19.4. The average Bonchev–Trinajstić information content (AvgIpc) is 3.08. The first-order valence-corrected chi connectivity index (χ1v) is 6.96. The van der Waals surface area contributed by atoms with Crippen molar-refractivity contribution < 1.29 is 18.0 Å². The van der Waals surface area contributed by atoms with E-state index in [1.807, 2.05) is 0 Å². The Kier molecular flexibility index (Phi) is 4.09. The summed E-state index contributed by atoms with van der Waals surface area (Å²) in [6.07, 6.45) is -4.40. The van der Waals surface area contributed by atoms with Crippen molar-refractivity contribution in [3.05, 3.63) is 48.0 Å². The number of halogens is 3. The van der Waals surface area contributed by atoms with Crippen LogP contribution < -0.4 is 11.1 Å². The molecule has 10 heteroatoms. The van der Waals surface area contributed by atoms with Crippen molar-refractivity contribution >= 4 is 11.7 Å². The van der Waals surface area contributed by atoms with Crippen molar-refractivity contribution in [3.63, 3.8) is 0 Å². The quantitative estimate of drug-likeness (QED) is 0.676. The lowest BCUT2D eigenvalue weighted by atomic mass is 10.00. The lowest BCUT2D eigenvalue weighted by Crippen LogP contribution is -2.19. The molecule has 3 rings (SSSR count). The SMILES string of the molecule is NC(=O)Nc1ccc(-c2ccc(C(F)(F)F)cc2)cc1-c1nn[nH]n1. The molecule has 0 bridgehead atoms. The molecule has 2 aromatic carbocycles. The number of urea groups is 1. The van der Waals surface area contributed by atoms with Crippen LogP contribution in [0.1, 0.15) is 5.56 Å². The van der Waals surface area contributed by atoms with E-state index in [-0.39, 0.29) is 5.82 Å². The second kappa shape index (κ2) is 6.23. The number of nitrogens with one attached hydrogen (secondary N) is 2. The predicted octanol–water partition coefficient (Wildman–Crippen LogP) is 3.04. The summed E-state index contributed by atoms with van der Waals surface area (Å²) in [5.41, 5.74) is 6.34. The highest BCUT2D eigenvalue weighted by Crippen LogP contribution is 2.33. The number of tetrazole rings is 1. The zero-order valence-corrected chi connectivity index (χ0v) is 12.5. The summed E-state index contributed by atoms with van der Waals surface area (Å²) in [5.74, 6) is 0.206. The first-order chi connectivity index (χ1) is 11.8. The van der Waals surface area contributed by atoms with Gasteiger partial charge < -0.3 is 11.1 Å². The monoisotopic (exact) mass is 348 g/mol. The molecule has 0 atom stereocenters. The maximum absolute atomic E-state index is 12.7. The summed E-state index contributed by atoms with van der Waals surface area (Å²) < 4.78 is 38.0. The van der Waals surface area contributed by atoms with Crippen LogP contribution >= 0.6 is 0 Å². The number of nitrogens with zero attached hydrogens (tertiary/aromatic N) is 3. The van der Waals surface area contributed by atoms with Gasteiger partial charge in [-0.05, 0) is 40.6 Å². The van der Waals surface area contributed by atoms with Crippen LogP contribution in [-0.4, -0.2) is 26.7 Å². The Balaban J connectivity index is 2.03. The Morgan fingerprint density at radius 3 is 2.32 bits per heavy atom. The number of nitrogens with two attached hydrogens (primary N) is 1. The summed E-state index contributed by atoms with van der Waals surface area (Å²) in [5, 5.41) is 15.9. The minimum atomic E-state index is -4.40. The van der Waals surface area contributed by atoms with Gasteiger partial charge in [0.25, 0.3) is 0 Å². The van der Waals surface area contributed by atoms with Crippen molar-refractivity contribution in [1.29, 1.82) is 0 Å². The Morgan fingerprint density at radius 2 is 1.76 bits per heavy atom. The van der Waals surface area contributed by atoms with E-state index < -0.39 is 17.8 Å². The number of rotatable bonds is 3. The van der Waals surface area contributed by atoms with Gasteiger partial charge >= 0.3 is 12.2 Å². The normalized spacial score (nSPS) is 11.3. The van der Waals surface area contributed by atoms with E-state index in [1.165, 1.54) is 12.1 Å². The van der Waals surface area contributed by atoms with E-state index in [0.29, 0.717) is 22.4 Å². The Bertz CT molecular complexity index is 891. The summed E-state index contributed by atoms with van der Waals surface area (Å²) in [4.78, 5) is 11.1. The lowest BCUT2D eigenvalue weighted by molar-refractivity contribution is -0.137. The van der Waals surface area contributed by atoms with Gasteiger partial charge in [0, 0.05) is 5.56 Å². The molecule has 1 aromatic heterocycles. The minimum absolute atomic E-state index is 0.206. The van der Waals surface area contributed by atoms with E-state index in [1.54, 1.807) is 18.2 Å². The fourth-order valence-electron chi connectivity index (χ4n) is 2.28. The standard InChI is InChI=1S/C15H11F3N6O/c16-15(17,18)10-4-1-8(2-5-10)9-3-6-12(20-14(19)25)11(7-9)13-21-23-24-22-13/h1-7H,(H3,19,20,25)(H,21,22,23,24). The zero-order valence-electron chi connectivity index (χ0n) is 12.5. The second-order valence-corrected chi connectivity index (χ2v) is 5.06. The van der Waals surface area contributed by atoms with Crippen LogP contribution in [0, 0.1) is 0 Å². The van der Waals surface area contributed by atoms with E-state index >= 15 is 0 Å². The van der Waals surface area contributed by atoms with E-state index in [2.05, 4.69) is 25.9 Å². The first-order valence-electron chi connectivity index (χ1n) is 6.96. The average molecular weight is 348 g/mol. The van der Waals surface area contributed by atoms with Crippen molar-refractivity contribution in [3.8, 4) is 22.5 Å². The number of amides is 2. The number of benzene rings is 2. The van der Waals surface area contributed by atoms with Gasteiger partial charge in [0.1, 0.15) is 0 Å². The van der Waals surface area contributed by atoms with Gasteiger partial charge in [-0.15, -0.1) is 10.2 Å². The molecule has 0 radical (unpaired) electrons. The number of anilines is 1. The smallest absolute Gasteiger partial charge is 0.351 e. The molecule has 0 unspecified atom stereocenters. The van der Waals surface area contributed by atoms with Gasteiger partial charge in [0.15, 0.2) is 0 Å². The third-order valence-corrected chi connectivity index (χ3v) is 3.41. The lowest BCUT2D eigenvalue weighted by Gasteiger charge is -2.11. The van der Waals surface area contributed by atoms with Crippen LogP contribution in [0.2, 0.25) is 0 Å². The fourth-order valence-corrected chi connectivity index (χ4v) is 2.28. The Labute approximate surface area is 139 Å². The molecule has 1 heterocycles. The molecule has 3 aromatic rings. The summed E-state index contributed by atoms with van der Waals surface area (Å²) in [6, 6.07) is 8.77. The molecule has 25 heavy (non-hydrogen) atoms. The number of aromatic nitrogens is 4. The first kappa shape index (κ1) is 16.4. The Hall–Kier alpha value is -3.43. The topological polar surface area (TPSA) is 110 Å². The predicted molar refractivity (Wildman–Crippen MR) is 83.3 cm³/mol. The van der Waals surface area contributed by atoms with E-state index in [4.69, 9.17) is 5.73 Å². The van der Waals surface area contributed by atoms with Crippen LogP contribution in [0.25, 0.3) is 22.5 Å². The number of aromatic amines is 1. The van der Waals surface area contributed by atoms with Crippen molar-refractivity contribution in [2.45, 2.75) is 6.18 Å². The van der Waals surface area contributed by atoms with Gasteiger partial charge in [0.2, 0.25) is 5.82 Å². The van der Waals surface area contributed by atoms with E-state index in [9.17, 15) is 18.0 Å². The third kappa shape index (κ3) is 3.57. The molecular formula is C15H11F3N6O. The number of hydrogen-bond donors (Lipinski definition) is 3. The minimum Gasteiger partial charge on any atom is -0.351 e. The number of primary amides is 1. The summed E-state index contributed by atoms with van der Waals surface area (Å²) >= 11 is 0. The molecule has 0 saturated carbocycles. The molecule has 128 valence electrons. The molecule has 0 saturated heterocycles. The summed E-state index contributed by atoms with van der Waals surface area (Å²) in [7, 11) is 0. The van der Waals surface area contributed by atoms with E-state index in [0.717, 1.165) is 12.1 Å². The highest BCUT2D eigenvalue weighted by Gasteiger charge is 2.30. The largest absolute Gasteiger partial charge is 0.416 e. The third-order valence-electron chi connectivity index (χ3n) is 3.41. The van der Waals surface area contributed by atoms with Crippen LogP contribution in [-0.2, 0) is 6.18 Å². The van der Waals surface area contributed by atoms with Crippen molar-refractivity contribution in [2.24, 2.45) is 5.73 Å². The highest BCUT2D eigenvalue weighted by molar-refractivity contribution is 5.93. The molecule has 4 N–H and O–H groups in total. The molecular weight excluding hydrogens is 337 g/mol. The van der Waals surface area contributed by atoms with Gasteiger partial charge in [-0.3, -0.25) is 0 Å². The number of carbonyl (C=O) groups is 1. The van der Waals surface area contributed by atoms with Crippen molar-refractivity contribution in [2.75, 3.05) is 5.32 Å². The molecule has 2 amide bonds. The number of hydrogen-bond acceptors (Lipinski definition) is 4. The van der Waals surface area contributed by atoms with Crippen LogP contribution in [0.4, 0.5) is 23.7 Å². The number of H-pyrrole nitrogens is 1. The van der Waals surface area contributed by atoms with Gasteiger partial charge in [-0.2, -0.15) is 18.4 Å². The van der Waals surface area contributed by atoms with Gasteiger partial charge in [0.05, 0.1) is 11.3 Å². The van der Waals surface area contributed by atoms with Gasteiger partial charge in [-0.25, -0.2) is 4.79 Å². The van der Waals surface area contributed by atoms with Crippen LogP contribution in [0.15, 0.2) is 42.5 Å². The summed E-state index contributed by atoms with van der Waals surface area (Å²) in [6.45, 7) is 0. The zero-order chi connectivity index (χ0) is 18.0.